The largest absolute Gasteiger partial charge is 0.285 e. The molecule has 1 saturated heterocycles. The van der Waals surface area contributed by atoms with Gasteiger partial charge in [0.05, 0.1) is 11.0 Å². The van der Waals surface area contributed by atoms with E-state index in [-0.39, 0.29) is 10.6 Å². The molecule has 1 aromatic rings. The first-order chi connectivity index (χ1) is 10.1. The molecule has 0 saturated carbocycles. The number of nitro benzene ring substituents is 1. The number of hydrogen-bond donors (Lipinski definition) is 0. The van der Waals surface area contributed by atoms with Gasteiger partial charge in [0.25, 0.3) is 5.69 Å². The maximum absolute atomic E-state index is 11.1. The Bertz CT molecular complexity index is 545. The lowest BCUT2D eigenvalue weighted by atomic mass is 9.91. The molecule has 1 atom stereocenters. The van der Waals surface area contributed by atoms with E-state index in [1.54, 1.807) is 18.2 Å². The normalized spacial score (nSPS) is 19.2. The van der Waals surface area contributed by atoms with Gasteiger partial charge in [-0.05, 0) is 32.9 Å². The van der Waals surface area contributed by atoms with Crippen LogP contribution >= 0.6 is 0 Å². The third-order valence-electron chi connectivity index (χ3n) is 4.27. The van der Waals surface area contributed by atoms with Crippen LogP contribution in [0.2, 0.25) is 0 Å². The van der Waals surface area contributed by atoms with E-state index >= 15 is 0 Å². The second-order valence-corrected chi connectivity index (χ2v) is 5.85. The Morgan fingerprint density at radius 2 is 1.90 bits per heavy atom. The fraction of sp³-hybridized carbons (Fsp3) is 0.562. The minimum atomic E-state index is -0.684. The Balaban J connectivity index is 2.25. The van der Waals surface area contributed by atoms with Crippen molar-refractivity contribution < 1.29 is 4.92 Å². The monoisotopic (exact) mass is 287 g/mol. The predicted molar refractivity (Wildman–Crippen MR) is 80.9 cm³/mol. The summed E-state index contributed by atoms with van der Waals surface area (Å²) in [4.78, 5) is 13.0. The third-order valence-corrected chi connectivity index (χ3v) is 4.27. The minimum absolute atomic E-state index is 0.105. The second kappa shape index (κ2) is 6.68. The van der Waals surface area contributed by atoms with E-state index in [1.165, 1.54) is 18.9 Å². The van der Waals surface area contributed by atoms with E-state index in [9.17, 15) is 15.4 Å². The SMILES string of the molecule is CC(C#N)(Cc1ccccc1[N+](=O)[O-])N1CCCCCC1. The molecule has 0 N–H and O–H groups in total. The Kier molecular flexibility index (Phi) is 4.92. The Labute approximate surface area is 125 Å². The summed E-state index contributed by atoms with van der Waals surface area (Å²) in [6, 6.07) is 9.12. The Hall–Kier alpha value is -1.93. The Morgan fingerprint density at radius 1 is 1.29 bits per heavy atom. The molecule has 0 bridgehead atoms. The maximum atomic E-state index is 11.1. The standard InChI is InChI=1S/C16H21N3O2/c1-16(13-17,18-10-6-2-3-7-11-18)12-14-8-4-5-9-15(14)19(20)21/h4-5,8-9H,2-3,6-7,10-12H2,1H3. The summed E-state index contributed by atoms with van der Waals surface area (Å²) in [5.41, 5.74) is 0.0563. The molecular weight excluding hydrogens is 266 g/mol. The molecule has 0 radical (unpaired) electrons. The highest BCUT2D eigenvalue weighted by molar-refractivity contribution is 5.41. The number of nitrogens with zero attached hydrogens (tertiary/aromatic N) is 3. The van der Waals surface area contributed by atoms with Crippen molar-refractivity contribution in [2.75, 3.05) is 13.1 Å². The summed E-state index contributed by atoms with van der Waals surface area (Å²) < 4.78 is 0. The molecule has 1 aliphatic heterocycles. The van der Waals surface area contributed by atoms with Gasteiger partial charge in [0.15, 0.2) is 0 Å². The van der Waals surface area contributed by atoms with Crippen molar-refractivity contribution in [2.24, 2.45) is 0 Å². The van der Waals surface area contributed by atoms with Crippen molar-refractivity contribution in [3.63, 3.8) is 0 Å². The van der Waals surface area contributed by atoms with Gasteiger partial charge in [-0.1, -0.05) is 31.0 Å². The van der Waals surface area contributed by atoms with E-state index in [2.05, 4.69) is 11.0 Å². The molecule has 0 aromatic heterocycles. The number of rotatable bonds is 4. The first kappa shape index (κ1) is 15.5. The molecule has 1 aliphatic rings. The molecule has 1 unspecified atom stereocenters. The molecule has 21 heavy (non-hydrogen) atoms. The lowest BCUT2D eigenvalue weighted by Crippen LogP contribution is -2.47. The highest BCUT2D eigenvalue weighted by Gasteiger charge is 2.34. The van der Waals surface area contributed by atoms with Crippen LogP contribution in [0.25, 0.3) is 0 Å². The summed E-state index contributed by atoms with van der Waals surface area (Å²) in [5.74, 6) is 0. The zero-order valence-electron chi connectivity index (χ0n) is 12.4. The van der Waals surface area contributed by atoms with Crippen LogP contribution < -0.4 is 0 Å². The summed E-state index contributed by atoms with van der Waals surface area (Å²) in [5, 5.41) is 20.8. The van der Waals surface area contributed by atoms with Crippen molar-refractivity contribution in [1.29, 1.82) is 5.26 Å². The second-order valence-electron chi connectivity index (χ2n) is 5.85. The van der Waals surface area contributed by atoms with Crippen molar-refractivity contribution in [2.45, 2.75) is 44.6 Å². The number of likely N-dealkylation sites (tertiary alicyclic amines) is 1. The molecule has 112 valence electrons. The van der Waals surface area contributed by atoms with Crippen LogP contribution in [-0.2, 0) is 6.42 Å². The number of hydrogen-bond acceptors (Lipinski definition) is 4. The fourth-order valence-electron chi connectivity index (χ4n) is 3.00. The van der Waals surface area contributed by atoms with Crippen molar-refractivity contribution in [1.82, 2.24) is 4.90 Å². The van der Waals surface area contributed by atoms with E-state index in [1.807, 2.05) is 6.92 Å². The molecule has 0 aliphatic carbocycles. The van der Waals surface area contributed by atoms with Gasteiger partial charge in [-0.3, -0.25) is 15.0 Å². The topological polar surface area (TPSA) is 70.2 Å². The highest BCUT2D eigenvalue weighted by atomic mass is 16.6. The lowest BCUT2D eigenvalue weighted by Gasteiger charge is -2.35. The predicted octanol–water partition coefficient (Wildman–Crippen LogP) is 3.30. The molecule has 1 heterocycles. The summed E-state index contributed by atoms with van der Waals surface area (Å²) >= 11 is 0. The maximum Gasteiger partial charge on any atom is 0.272 e. The molecule has 1 aromatic carbocycles. The number of para-hydroxylation sites is 1. The number of benzene rings is 1. The van der Waals surface area contributed by atoms with E-state index in [4.69, 9.17) is 0 Å². The first-order valence-corrected chi connectivity index (χ1v) is 7.45. The molecular formula is C16H21N3O2. The fourth-order valence-corrected chi connectivity index (χ4v) is 3.00. The van der Waals surface area contributed by atoms with Gasteiger partial charge in [-0.2, -0.15) is 5.26 Å². The smallest absolute Gasteiger partial charge is 0.272 e. The van der Waals surface area contributed by atoms with Crippen LogP contribution in [0, 0.1) is 21.4 Å². The van der Waals surface area contributed by atoms with Crippen molar-refractivity contribution in [3.05, 3.63) is 39.9 Å². The van der Waals surface area contributed by atoms with Gasteiger partial charge in [-0.25, -0.2) is 0 Å². The van der Waals surface area contributed by atoms with Crippen LogP contribution in [0.15, 0.2) is 24.3 Å². The quantitative estimate of drug-likeness (QED) is 0.629. The van der Waals surface area contributed by atoms with Gasteiger partial charge in [0, 0.05) is 18.1 Å². The summed E-state index contributed by atoms with van der Waals surface area (Å²) in [7, 11) is 0. The van der Waals surface area contributed by atoms with Gasteiger partial charge in [0.2, 0.25) is 0 Å². The van der Waals surface area contributed by atoms with Crippen molar-refractivity contribution >= 4 is 5.69 Å². The molecule has 1 fully saturated rings. The van der Waals surface area contributed by atoms with Crippen LogP contribution in [-0.4, -0.2) is 28.5 Å². The van der Waals surface area contributed by atoms with Gasteiger partial charge in [-0.15, -0.1) is 0 Å². The van der Waals surface area contributed by atoms with Crippen molar-refractivity contribution in [3.8, 4) is 6.07 Å². The third kappa shape index (κ3) is 3.59. The zero-order chi connectivity index (χ0) is 15.3. The van der Waals surface area contributed by atoms with Gasteiger partial charge in [0.1, 0.15) is 5.54 Å². The van der Waals surface area contributed by atoms with Crippen LogP contribution in [0.3, 0.4) is 0 Å². The average Bonchev–Trinajstić information content (AvgIpc) is 2.77. The minimum Gasteiger partial charge on any atom is -0.285 e. The summed E-state index contributed by atoms with van der Waals surface area (Å²) in [6.07, 6.45) is 4.97. The van der Waals surface area contributed by atoms with E-state index in [0.29, 0.717) is 12.0 Å². The first-order valence-electron chi connectivity index (χ1n) is 7.45. The number of nitriles is 1. The van der Waals surface area contributed by atoms with Crippen LogP contribution in [0.1, 0.15) is 38.2 Å². The zero-order valence-corrected chi connectivity index (χ0v) is 12.4. The Morgan fingerprint density at radius 3 is 2.48 bits per heavy atom. The van der Waals surface area contributed by atoms with E-state index < -0.39 is 5.54 Å². The van der Waals surface area contributed by atoms with Crippen LogP contribution in [0.5, 0.6) is 0 Å². The van der Waals surface area contributed by atoms with Crippen LogP contribution in [0.4, 0.5) is 5.69 Å². The van der Waals surface area contributed by atoms with Gasteiger partial charge < -0.3 is 0 Å². The molecule has 0 spiro atoms. The summed E-state index contributed by atoms with van der Waals surface area (Å²) in [6.45, 7) is 3.68. The van der Waals surface area contributed by atoms with E-state index in [0.717, 1.165) is 25.9 Å². The molecule has 0 amide bonds. The molecule has 5 heteroatoms. The molecule has 5 nitrogen and oxygen atoms in total. The van der Waals surface area contributed by atoms with Gasteiger partial charge >= 0.3 is 0 Å². The average molecular weight is 287 g/mol. The molecule has 2 rings (SSSR count). The number of nitro groups is 1. The highest BCUT2D eigenvalue weighted by Crippen LogP contribution is 2.28. The lowest BCUT2D eigenvalue weighted by molar-refractivity contribution is -0.385.